The Balaban J connectivity index is 0.000000557. The minimum atomic E-state index is -0.833. The molecule has 0 fully saturated rings. The lowest BCUT2D eigenvalue weighted by atomic mass is 10.2. The third-order valence-electron chi connectivity index (χ3n) is 1.41. The van der Waals surface area contributed by atoms with Gasteiger partial charge in [0, 0.05) is 13.0 Å². The molecule has 0 heterocycles. The van der Waals surface area contributed by atoms with Gasteiger partial charge in [0.25, 0.3) is 5.97 Å². The first-order valence-corrected chi connectivity index (χ1v) is 4.80. The van der Waals surface area contributed by atoms with Gasteiger partial charge in [0.1, 0.15) is 0 Å². The van der Waals surface area contributed by atoms with Crippen molar-refractivity contribution in [2.45, 2.75) is 6.92 Å². The summed E-state index contributed by atoms with van der Waals surface area (Å²) in [6.45, 7) is 4.36. The van der Waals surface area contributed by atoms with Crippen molar-refractivity contribution in [2.75, 3.05) is 0 Å². The van der Waals surface area contributed by atoms with E-state index in [1.807, 2.05) is 30.3 Å². The van der Waals surface area contributed by atoms with Crippen molar-refractivity contribution in [3.8, 4) is 0 Å². The van der Waals surface area contributed by atoms with E-state index in [2.05, 4.69) is 11.3 Å². The van der Waals surface area contributed by atoms with Gasteiger partial charge in [-0.05, 0) is 11.6 Å². The molecule has 0 amide bonds. The lowest BCUT2D eigenvalue weighted by Crippen LogP contribution is -1.92. The molecular weight excluding hydrogens is 220 g/mol. The van der Waals surface area contributed by atoms with Crippen molar-refractivity contribution in [2.24, 2.45) is 0 Å². The van der Waals surface area contributed by atoms with Gasteiger partial charge in [-0.3, -0.25) is 4.79 Å². The SMILES string of the molecule is C=COC(=O)/C=C/c1ccccc1.CC(=O)O. The van der Waals surface area contributed by atoms with Crippen molar-refractivity contribution in [1.29, 1.82) is 0 Å². The van der Waals surface area contributed by atoms with Crippen molar-refractivity contribution < 1.29 is 19.4 Å². The molecule has 1 aromatic carbocycles. The smallest absolute Gasteiger partial charge is 0.335 e. The largest absolute Gasteiger partial charge is 0.481 e. The highest BCUT2D eigenvalue weighted by Crippen LogP contribution is 2.00. The number of ether oxygens (including phenoxy) is 1. The van der Waals surface area contributed by atoms with Gasteiger partial charge in [-0.2, -0.15) is 0 Å². The Morgan fingerprint density at radius 1 is 1.29 bits per heavy atom. The molecule has 1 aromatic rings. The number of benzene rings is 1. The minimum absolute atomic E-state index is 0.418. The summed E-state index contributed by atoms with van der Waals surface area (Å²) in [6.07, 6.45) is 4.15. The lowest BCUT2D eigenvalue weighted by molar-refractivity contribution is -0.134. The molecule has 1 N–H and O–H groups in total. The monoisotopic (exact) mass is 234 g/mol. The van der Waals surface area contributed by atoms with Gasteiger partial charge in [-0.25, -0.2) is 4.79 Å². The molecule has 0 aromatic heterocycles. The van der Waals surface area contributed by atoms with Crippen molar-refractivity contribution in [1.82, 2.24) is 0 Å². The van der Waals surface area contributed by atoms with E-state index in [9.17, 15) is 4.79 Å². The Hall–Kier alpha value is -2.36. The van der Waals surface area contributed by atoms with Crippen LogP contribution in [0.15, 0.2) is 49.2 Å². The molecule has 0 aliphatic rings. The first-order valence-electron chi connectivity index (χ1n) is 4.80. The van der Waals surface area contributed by atoms with Crippen LogP contribution in [0.25, 0.3) is 6.08 Å². The molecule has 0 unspecified atom stereocenters. The quantitative estimate of drug-likeness (QED) is 0.495. The maximum absolute atomic E-state index is 10.8. The molecule has 0 aliphatic carbocycles. The molecule has 90 valence electrons. The highest BCUT2D eigenvalue weighted by molar-refractivity contribution is 5.87. The Bertz CT molecular complexity index is 389. The minimum Gasteiger partial charge on any atom is -0.481 e. The molecule has 4 heteroatoms. The van der Waals surface area contributed by atoms with Crippen molar-refractivity contribution in [3.63, 3.8) is 0 Å². The summed E-state index contributed by atoms with van der Waals surface area (Å²) in [5, 5.41) is 7.42. The molecule has 0 spiro atoms. The van der Waals surface area contributed by atoms with Crippen LogP contribution in [0.4, 0.5) is 0 Å². The van der Waals surface area contributed by atoms with Crippen molar-refractivity contribution >= 4 is 18.0 Å². The van der Waals surface area contributed by atoms with E-state index in [1.54, 1.807) is 6.08 Å². The average molecular weight is 234 g/mol. The first kappa shape index (κ1) is 14.6. The molecule has 0 saturated carbocycles. The third kappa shape index (κ3) is 9.93. The standard InChI is InChI=1S/C11H10O2.C2H4O2/c1-2-13-11(12)9-8-10-6-4-3-5-7-10;1-2(3)4/h2-9H,1H2;1H3,(H,3,4)/b9-8+;. The average Bonchev–Trinajstić information content (AvgIpc) is 2.27. The molecule has 0 saturated heterocycles. The first-order chi connectivity index (χ1) is 8.06. The Labute approximate surface area is 99.8 Å². The highest BCUT2D eigenvalue weighted by atomic mass is 16.5. The van der Waals surface area contributed by atoms with Crippen LogP contribution >= 0.6 is 0 Å². The fourth-order valence-electron chi connectivity index (χ4n) is 0.850. The van der Waals surface area contributed by atoms with Crippen molar-refractivity contribution in [3.05, 3.63) is 54.8 Å². The number of hydrogen-bond acceptors (Lipinski definition) is 3. The van der Waals surface area contributed by atoms with E-state index in [1.165, 1.54) is 6.08 Å². The van der Waals surface area contributed by atoms with Gasteiger partial charge >= 0.3 is 5.97 Å². The molecule has 0 bridgehead atoms. The van der Waals surface area contributed by atoms with E-state index in [-0.39, 0.29) is 0 Å². The molecule has 0 radical (unpaired) electrons. The van der Waals surface area contributed by atoms with Crippen LogP contribution in [-0.4, -0.2) is 17.0 Å². The second kappa shape index (κ2) is 8.91. The summed E-state index contributed by atoms with van der Waals surface area (Å²) >= 11 is 0. The summed E-state index contributed by atoms with van der Waals surface area (Å²) < 4.78 is 4.50. The molecule has 0 atom stereocenters. The second-order valence-corrected chi connectivity index (χ2v) is 2.87. The van der Waals surface area contributed by atoms with E-state index >= 15 is 0 Å². The summed E-state index contributed by atoms with van der Waals surface area (Å²) in [5.74, 6) is -1.25. The van der Waals surface area contributed by atoms with E-state index in [0.29, 0.717) is 0 Å². The topological polar surface area (TPSA) is 63.6 Å². The van der Waals surface area contributed by atoms with Crippen LogP contribution in [0, 0.1) is 0 Å². The number of esters is 1. The Morgan fingerprint density at radius 3 is 2.29 bits per heavy atom. The Kier molecular flexibility index (Phi) is 7.67. The van der Waals surface area contributed by atoms with Crippen LogP contribution in [0.1, 0.15) is 12.5 Å². The lowest BCUT2D eigenvalue weighted by Gasteiger charge is -1.91. The van der Waals surface area contributed by atoms with E-state index < -0.39 is 11.9 Å². The number of carboxylic acid groups (broad SMARTS) is 1. The van der Waals surface area contributed by atoms with Crippen LogP contribution in [0.2, 0.25) is 0 Å². The summed E-state index contributed by atoms with van der Waals surface area (Å²) in [5.41, 5.74) is 0.962. The van der Waals surface area contributed by atoms with Gasteiger partial charge in [-0.15, -0.1) is 0 Å². The third-order valence-corrected chi connectivity index (χ3v) is 1.41. The maximum Gasteiger partial charge on any atom is 0.335 e. The number of hydrogen-bond donors (Lipinski definition) is 1. The van der Waals surface area contributed by atoms with E-state index in [0.717, 1.165) is 18.7 Å². The van der Waals surface area contributed by atoms with Gasteiger partial charge in [0.05, 0.1) is 6.26 Å². The normalized spacial score (nSPS) is 9.00. The summed E-state index contributed by atoms with van der Waals surface area (Å²) in [7, 11) is 0. The summed E-state index contributed by atoms with van der Waals surface area (Å²) in [4.78, 5) is 19.8. The number of carbonyl (C=O) groups excluding carboxylic acids is 1. The van der Waals surface area contributed by atoms with Crippen LogP contribution < -0.4 is 0 Å². The van der Waals surface area contributed by atoms with Crippen LogP contribution in [0.3, 0.4) is 0 Å². The van der Waals surface area contributed by atoms with Gasteiger partial charge in [0.2, 0.25) is 0 Å². The van der Waals surface area contributed by atoms with Crippen LogP contribution in [0.5, 0.6) is 0 Å². The molecule has 0 aliphatic heterocycles. The van der Waals surface area contributed by atoms with Gasteiger partial charge in [0.15, 0.2) is 0 Å². The van der Waals surface area contributed by atoms with Gasteiger partial charge < -0.3 is 9.84 Å². The fraction of sp³-hybridized carbons (Fsp3) is 0.0769. The number of carboxylic acids is 1. The molecular formula is C13H14O4. The Morgan fingerprint density at radius 2 is 1.82 bits per heavy atom. The van der Waals surface area contributed by atoms with Gasteiger partial charge in [-0.1, -0.05) is 36.9 Å². The molecule has 17 heavy (non-hydrogen) atoms. The fourth-order valence-corrected chi connectivity index (χ4v) is 0.850. The maximum atomic E-state index is 10.8. The molecule has 1 rings (SSSR count). The van der Waals surface area contributed by atoms with Crippen LogP contribution in [-0.2, 0) is 14.3 Å². The molecule has 4 nitrogen and oxygen atoms in total. The second-order valence-electron chi connectivity index (χ2n) is 2.87. The number of aliphatic carboxylic acids is 1. The summed E-state index contributed by atoms with van der Waals surface area (Å²) in [6, 6.07) is 9.52. The zero-order valence-electron chi connectivity index (χ0n) is 9.50. The zero-order valence-corrected chi connectivity index (χ0v) is 9.50. The highest BCUT2D eigenvalue weighted by Gasteiger charge is 1.91. The number of carbonyl (C=O) groups is 2. The predicted molar refractivity (Wildman–Crippen MR) is 65.1 cm³/mol. The predicted octanol–water partition coefficient (Wildman–Crippen LogP) is 2.48. The zero-order chi connectivity index (χ0) is 13.1. The van der Waals surface area contributed by atoms with E-state index in [4.69, 9.17) is 9.90 Å². The number of rotatable bonds is 3.